The molecular formula is C29H35N7O3. The molecule has 3 aliphatic rings. The van der Waals surface area contributed by atoms with E-state index in [4.69, 9.17) is 9.72 Å². The molecule has 3 aliphatic heterocycles. The van der Waals surface area contributed by atoms with Gasteiger partial charge in [-0.3, -0.25) is 14.5 Å². The number of methoxy groups -OCH3 is 1. The second-order valence-corrected chi connectivity index (χ2v) is 11.3. The van der Waals surface area contributed by atoms with Crippen LogP contribution >= 0.6 is 0 Å². The summed E-state index contributed by atoms with van der Waals surface area (Å²) in [7, 11) is 1.58. The van der Waals surface area contributed by atoms with Gasteiger partial charge in [-0.1, -0.05) is 6.07 Å². The van der Waals surface area contributed by atoms with E-state index in [0.717, 1.165) is 68.7 Å². The minimum atomic E-state index is -0.295. The molecule has 2 amide bonds. The number of hydrogen-bond donors (Lipinski definition) is 1. The van der Waals surface area contributed by atoms with E-state index in [-0.39, 0.29) is 17.4 Å². The van der Waals surface area contributed by atoms with Crippen molar-refractivity contribution in [2.75, 3.05) is 38.6 Å². The number of pyridine rings is 1. The Morgan fingerprint density at radius 2 is 1.87 bits per heavy atom. The van der Waals surface area contributed by atoms with Crippen molar-refractivity contribution in [3.05, 3.63) is 52.8 Å². The van der Waals surface area contributed by atoms with Gasteiger partial charge >= 0.3 is 0 Å². The maximum Gasteiger partial charge on any atom is 0.260 e. The fourth-order valence-corrected chi connectivity index (χ4v) is 6.01. The zero-order valence-electron chi connectivity index (χ0n) is 22.9. The molecule has 10 heteroatoms. The number of aromatic nitrogens is 4. The molecule has 3 aromatic rings. The summed E-state index contributed by atoms with van der Waals surface area (Å²) in [5.41, 5.74) is 3.22. The molecule has 0 radical (unpaired) electrons. The molecule has 1 fully saturated rings. The highest BCUT2D eigenvalue weighted by molar-refractivity contribution is 6.06. The van der Waals surface area contributed by atoms with Crippen LogP contribution in [-0.4, -0.2) is 74.7 Å². The highest BCUT2D eigenvalue weighted by Crippen LogP contribution is 2.35. The summed E-state index contributed by atoms with van der Waals surface area (Å²) in [5.74, 6) is 2.52. The molecule has 0 unspecified atom stereocenters. The smallest absolute Gasteiger partial charge is 0.260 e. The Labute approximate surface area is 228 Å². The van der Waals surface area contributed by atoms with Crippen molar-refractivity contribution in [3.63, 3.8) is 0 Å². The Kier molecular flexibility index (Phi) is 6.58. The highest BCUT2D eigenvalue weighted by Gasteiger charge is 2.34. The first-order chi connectivity index (χ1) is 18.8. The van der Waals surface area contributed by atoms with E-state index in [1.54, 1.807) is 13.2 Å². The van der Waals surface area contributed by atoms with Crippen molar-refractivity contribution in [1.82, 2.24) is 29.5 Å². The number of benzene rings is 1. The predicted molar refractivity (Wildman–Crippen MR) is 147 cm³/mol. The minimum Gasteiger partial charge on any atom is -0.496 e. The van der Waals surface area contributed by atoms with Crippen LogP contribution in [0, 0.1) is 0 Å². The number of hydrogen-bond acceptors (Lipinski definition) is 7. The van der Waals surface area contributed by atoms with Crippen LogP contribution in [0.2, 0.25) is 0 Å². The largest absolute Gasteiger partial charge is 0.496 e. The third-order valence-electron chi connectivity index (χ3n) is 8.19. The second kappa shape index (κ2) is 10.1. The van der Waals surface area contributed by atoms with Gasteiger partial charge in [0.15, 0.2) is 5.82 Å². The number of nitrogens with one attached hydrogen (secondary N) is 1. The number of carbonyl (C=O) groups excluding carboxylic acids is 2. The summed E-state index contributed by atoms with van der Waals surface area (Å²) in [5, 5.41) is 11.7. The molecule has 0 aliphatic carbocycles. The van der Waals surface area contributed by atoms with Gasteiger partial charge in [0, 0.05) is 38.1 Å². The van der Waals surface area contributed by atoms with Crippen molar-refractivity contribution in [2.45, 2.75) is 58.0 Å². The Hall–Kier alpha value is -3.79. The molecule has 204 valence electrons. The zero-order chi connectivity index (χ0) is 27.1. The SMILES string of the molecule is COc1cc2c(cc1C(=O)Nc1cccc(-c3nnc4n3C(C)(C)CC4)n1)CN(CC(=O)N1CCCC1)CC2. The maximum atomic E-state index is 13.5. The van der Waals surface area contributed by atoms with E-state index in [9.17, 15) is 9.59 Å². The molecular weight excluding hydrogens is 494 g/mol. The number of amides is 2. The Bertz CT molecular complexity index is 1420. The van der Waals surface area contributed by atoms with Crippen molar-refractivity contribution < 1.29 is 14.3 Å². The lowest BCUT2D eigenvalue weighted by atomic mass is 9.96. The van der Waals surface area contributed by atoms with E-state index < -0.39 is 0 Å². The van der Waals surface area contributed by atoms with Gasteiger partial charge in [-0.2, -0.15) is 0 Å². The Morgan fingerprint density at radius 1 is 1.05 bits per heavy atom. The summed E-state index contributed by atoms with van der Waals surface area (Å²) in [6.45, 7) is 7.91. The first kappa shape index (κ1) is 25.5. The molecule has 10 nitrogen and oxygen atoms in total. The number of rotatable bonds is 6. The number of fused-ring (bicyclic) bond motifs is 2. The number of aryl methyl sites for hydroxylation is 1. The monoisotopic (exact) mass is 529 g/mol. The van der Waals surface area contributed by atoms with Gasteiger partial charge in [-0.25, -0.2) is 4.98 Å². The first-order valence-electron chi connectivity index (χ1n) is 13.8. The number of anilines is 1. The summed E-state index contributed by atoms with van der Waals surface area (Å²) in [4.78, 5) is 35.0. The maximum absolute atomic E-state index is 13.5. The fourth-order valence-electron chi connectivity index (χ4n) is 6.01. The molecule has 0 saturated carbocycles. The molecule has 0 bridgehead atoms. The van der Waals surface area contributed by atoms with Gasteiger partial charge in [0.25, 0.3) is 5.91 Å². The molecule has 5 heterocycles. The Morgan fingerprint density at radius 3 is 2.67 bits per heavy atom. The molecule has 1 saturated heterocycles. The topological polar surface area (TPSA) is 105 Å². The molecule has 0 atom stereocenters. The van der Waals surface area contributed by atoms with E-state index in [1.165, 1.54) is 0 Å². The van der Waals surface area contributed by atoms with Crippen molar-refractivity contribution >= 4 is 17.6 Å². The van der Waals surface area contributed by atoms with Crippen molar-refractivity contribution in [3.8, 4) is 17.3 Å². The van der Waals surface area contributed by atoms with Crippen molar-refractivity contribution in [2.24, 2.45) is 0 Å². The summed E-state index contributed by atoms with van der Waals surface area (Å²) < 4.78 is 7.75. The summed E-state index contributed by atoms with van der Waals surface area (Å²) in [6, 6.07) is 9.37. The minimum absolute atomic E-state index is 0.0848. The average molecular weight is 530 g/mol. The first-order valence-corrected chi connectivity index (χ1v) is 13.8. The van der Waals surface area contributed by atoms with Gasteiger partial charge in [0.2, 0.25) is 5.91 Å². The second-order valence-electron chi connectivity index (χ2n) is 11.3. The molecule has 39 heavy (non-hydrogen) atoms. The zero-order valence-corrected chi connectivity index (χ0v) is 22.9. The number of carbonyl (C=O) groups is 2. The number of ether oxygens (including phenoxy) is 1. The quantitative estimate of drug-likeness (QED) is 0.523. The van der Waals surface area contributed by atoms with Gasteiger partial charge < -0.3 is 19.5 Å². The number of likely N-dealkylation sites (tertiary alicyclic amines) is 1. The van der Waals surface area contributed by atoms with Crippen LogP contribution in [0.1, 0.15) is 60.4 Å². The Balaban J connectivity index is 1.21. The van der Waals surface area contributed by atoms with Crippen LogP contribution in [0.4, 0.5) is 5.82 Å². The van der Waals surface area contributed by atoms with Gasteiger partial charge in [0.05, 0.1) is 19.2 Å². The molecule has 0 spiro atoms. The summed E-state index contributed by atoms with van der Waals surface area (Å²) >= 11 is 0. The highest BCUT2D eigenvalue weighted by atomic mass is 16.5. The molecule has 1 aromatic carbocycles. The van der Waals surface area contributed by atoms with Crippen LogP contribution in [0.25, 0.3) is 11.5 Å². The third-order valence-corrected chi connectivity index (χ3v) is 8.19. The molecule has 6 rings (SSSR count). The normalized spacial score (nSPS) is 18.1. The van der Waals surface area contributed by atoms with Crippen LogP contribution in [0.3, 0.4) is 0 Å². The molecule has 1 N–H and O–H groups in total. The standard InChI is InChI=1S/C29H35N7O3/c1-29(2)11-9-25-32-33-27(36(25)29)22-7-6-8-24(30-22)31-28(38)21-15-20-17-34(14-10-19(20)16-23(21)39-3)18-26(37)35-12-4-5-13-35/h6-8,15-16H,4-5,9-14,17-18H2,1-3H3,(H,30,31,38). The van der Waals surface area contributed by atoms with Gasteiger partial charge in [0.1, 0.15) is 23.1 Å². The van der Waals surface area contributed by atoms with E-state index in [0.29, 0.717) is 41.7 Å². The van der Waals surface area contributed by atoms with Crippen LogP contribution in [0.5, 0.6) is 5.75 Å². The van der Waals surface area contributed by atoms with Crippen LogP contribution in [-0.2, 0) is 29.7 Å². The number of nitrogens with zero attached hydrogens (tertiary/aromatic N) is 6. The van der Waals surface area contributed by atoms with Gasteiger partial charge in [-0.05, 0) is 74.9 Å². The predicted octanol–water partition coefficient (Wildman–Crippen LogP) is 3.26. The van der Waals surface area contributed by atoms with E-state index in [1.807, 2.05) is 29.2 Å². The lowest BCUT2D eigenvalue weighted by molar-refractivity contribution is -0.131. The molecule has 2 aromatic heterocycles. The average Bonchev–Trinajstić information content (AvgIpc) is 3.67. The summed E-state index contributed by atoms with van der Waals surface area (Å²) in [6.07, 6.45) is 4.87. The van der Waals surface area contributed by atoms with Crippen LogP contribution in [0.15, 0.2) is 30.3 Å². The van der Waals surface area contributed by atoms with E-state index >= 15 is 0 Å². The van der Waals surface area contributed by atoms with E-state index in [2.05, 4.69) is 38.8 Å². The lowest BCUT2D eigenvalue weighted by Gasteiger charge is -2.30. The fraction of sp³-hybridized carbons (Fsp3) is 0.483. The van der Waals surface area contributed by atoms with Crippen molar-refractivity contribution in [1.29, 1.82) is 0 Å². The van der Waals surface area contributed by atoms with Gasteiger partial charge in [-0.15, -0.1) is 10.2 Å². The van der Waals surface area contributed by atoms with Crippen LogP contribution < -0.4 is 10.1 Å². The third kappa shape index (κ3) is 4.89. The lowest BCUT2D eigenvalue weighted by Crippen LogP contribution is -2.41.